The maximum Gasteiger partial charge on any atom is 0.237 e. The Morgan fingerprint density at radius 2 is 1.78 bits per heavy atom. The lowest BCUT2D eigenvalue weighted by atomic mass is 9.72. The van der Waals surface area contributed by atoms with Gasteiger partial charge in [-0.15, -0.1) is 0 Å². The molecule has 0 saturated carbocycles. The lowest BCUT2D eigenvalue weighted by molar-refractivity contribution is -0.138. The Morgan fingerprint density at radius 3 is 2.33 bits per heavy atom. The Bertz CT molecular complexity index is 947. The molecular formula is C28H41N3O5. The van der Waals surface area contributed by atoms with Gasteiger partial charge in [-0.05, 0) is 54.7 Å². The number of methoxy groups -OCH3 is 1. The predicted molar refractivity (Wildman–Crippen MR) is 142 cm³/mol. The summed E-state index contributed by atoms with van der Waals surface area (Å²) in [7, 11) is 1.70. The Kier molecular flexibility index (Phi) is 11.9. The van der Waals surface area contributed by atoms with Crippen LogP contribution in [0.3, 0.4) is 0 Å². The first-order chi connectivity index (χ1) is 17.2. The van der Waals surface area contributed by atoms with Gasteiger partial charge in [-0.25, -0.2) is 0 Å². The van der Waals surface area contributed by atoms with Crippen LogP contribution in [0.25, 0.3) is 0 Å². The van der Waals surface area contributed by atoms with Crippen molar-refractivity contribution in [1.29, 1.82) is 0 Å². The number of nitrogens with two attached hydrogens (primary N) is 1. The van der Waals surface area contributed by atoms with E-state index in [1.165, 1.54) is 5.56 Å². The fourth-order valence-corrected chi connectivity index (χ4v) is 3.96. The Labute approximate surface area is 214 Å². The number of nitrogens with one attached hydrogen (secondary N) is 2. The maximum absolute atomic E-state index is 12.1. The highest BCUT2D eigenvalue weighted by Gasteiger charge is 2.42. The summed E-state index contributed by atoms with van der Waals surface area (Å²) in [5, 5.41) is 15.3. The highest BCUT2D eigenvalue weighted by molar-refractivity contribution is 6.03. The molecule has 0 spiro atoms. The lowest BCUT2D eigenvalue weighted by Crippen LogP contribution is -2.51. The molecule has 3 rings (SSSR count). The van der Waals surface area contributed by atoms with Crippen molar-refractivity contribution in [2.75, 3.05) is 32.6 Å². The topological polar surface area (TPSA) is 123 Å². The molecule has 1 fully saturated rings. The van der Waals surface area contributed by atoms with Crippen LogP contribution >= 0.6 is 0 Å². The molecule has 8 nitrogen and oxygen atoms in total. The SMILES string of the molecule is CCC1(c2ccc(N)cc2)CCC(=O)NC1=O.COCCc1ccc(OCC(O)CNC(C)C)cc1. The fraction of sp³-hybridized carbons (Fsp3) is 0.500. The summed E-state index contributed by atoms with van der Waals surface area (Å²) in [5.41, 5.74) is 7.88. The summed E-state index contributed by atoms with van der Waals surface area (Å²) >= 11 is 0. The van der Waals surface area contributed by atoms with Gasteiger partial charge >= 0.3 is 0 Å². The number of rotatable bonds is 11. The molecule has 0 radical (unpaired) electrons. The second-order valence-electron chi connectivity index (χ2n) is 9.35. The quantitative estimate of drug-likeness (QED) is 0.277. The molecule has 2 aromatic carbocycles. The van der Waals surface area contributed by atoms with E-state index < -0.39 is 11.5 Å². The molecule has 1 saturated heterocycles. The third-order valence-electron chi connectivity index (χ3n) is 6.26. The summed E-state index contributed by atoms with van der Waals surface area (Å²) < 4.78 is 10.6. The molecule has 0 aromatic heterocycles. The van der Waals surface area contributed by atoms with E-state index in [9.17, 15) is 14.7 Å². The number of anilines is 1. The minimum Gasteiger partial charge on any atom is -0.491 e. The Balaban J connectivity index is 0.000000255. The smallest absolute Gasteiger partial charge is 0.237 e. The zero-order valence-electron chi connectivity index (χ0n) is 21.9. The van der Waals surface area contributed by atoms with E-state index in [4.69, 9.17) is 15.2 Å². The van der Waals surface area contributed by atoms with Crippen molar-refractivity contribution < 1.29 is 24.2 Å². The highest BCUT2D eigenvalue weighted by Crippen LogP contribution is 2.35. The Morgan fingerprint density at radius 1 is 1.11 bits per heavy atom. The van der Waals surface area contributed by atoms with Crippen LogP contribution in [-0.4, -0.2) is 55.9 Å². The van der Waals surface area contributed by atoms with Crippen LogP contribution in [0.4, 0.5) is 5.69 Å². The van der Waals surface area contributed by atoms with Crippen LogP contribution in [0.1, 0.15) is 51.2 Å². The summed E-state index contributed by atoms with van der Waals surface area (Å²) in [5.74, 6) is 0.403. The zero-order chi connectivity index (χ0) is 26.6. The number of ether oxygens (including phenoxy) is 2. The molecule has 198 valence electrons. The second kappa shape index (κ2) is 14.6. The zero-order valence-corrected chi connectivity index (χ0v) is 21.9. The minimum absolute atomic E-state index is 0.186. The third-order valence-corrected chi connectivity index (χ3v) is 6.26. The van der Waals surface area contributed by atoms with Crippen molar-refractivity contribution in [3.63, 3.8) is 0 Å². The average molecular weight is 500 g/mol. The number of imide groups is 1. The highest BCUT2D eigenvalue weighted by atomic mass is 16.5. The Hall–Kier alpha value is -2.94. The van der Waals surface area contributed by atoms with Gasteiger partial charge in [-0.3, -0.25) is 14.9 Å². The van der Waals surface area contributed by atoms with Gasteiger partial charge in [0.25, 0.3) is 0 Å². The normalized spacial score (nSPS) is 18.3. The second-order valence-corrected chi connectivity index (χ2v) is 9.35. The number of piperidine rings is 1. The van der Waals surface area contributed by atoms with E-state index in [0.717, 1.165) is 24.3 Å². The van der Waals surface area contributed by atoms with Crippen molar-refractivity contribution in [3.05, 3.63) is 59.7 Å². The monoisotopic (exact) mass is 499 g/mol. The van der Waals surface area contributed by atoms with Gasteiger partial charge in [0.15, 0.2) is 0 Å². The van der Waals surface area contributed by atoms with Crippen LogP contribution in [0.5, 0.6) is 5.75 Å². The number of aliphatic hydroxyl groups is 1. The average Bonchev–Trinajstić information content (AvgIpc) is 2.87. The molecule has 2 amide bonds. The van der Waals surface area contributed by atoms with Crippen LogP contribution < -0.4 is 21.1 Å². The van der Waals surface area contributed by atoms with Crippen molar-refractivity contribution in [3.8, 4) is 5.75 Å². The number of amides is 2. The molecule has 8 heteroatoms. The van der Waals surface area contributed by atoms with Gasteiger partial charge < -0.3 is 25.6 Å². The largest absolute Gasteiger partial charge is 0.491 e. The maximum atomic E-state index is 12.1. The molecule has 2 atom stereocenters. The van der Waals surface area contributed by atoms with Crippen LogP contribution in [0.15, 0.2) is 48.5 Å². The van der Waals surface area contributed by atoms with E-state index in [1.807, 2.05) is 57.2 Å². The summed E-state index contributed by atoms with van der Waals surface area (Å²) in [6.45, 7) is 7.63. The van der Waals surface area contributed by atoms with Crippen LogP contribution in [-0.2, 0) is 26.2 Å². The van der Waals surface area contributed by atoms with E-state index in [2.05, 4.69) is 10.6 Å². The number of carbonyl (C=O) groups excluding carboxylic acids is 2. The first-order valence-electron chi connectivity index (χ1n) is 12.5. The van der Waals surface area contributed by atoms with Gasteiger partial charge in [0.2, 0.25) is 11.8 Å². The molecule has 2 unspecified atom stereocenters. The number of hydrogen-bond acceptors (Lipinski definition) is 7. The summed E-state index contributed by atoms with van der Waals surface area (Å²) in [6, 6.07) is 15.6. The van der Waals surface area contributed by atoms with Gasteiger partial charge in [0.1, 0.15) is 18.5 Å². The molecule has 0 bridgehead atoms. The molecule has 1 aliphatic heterocycles. The minimum atomic E-state index is -0.582. The van der Waals surface area contributed by atoms with Crippen LogP contribution in [0, 0.1) is 0 Å². The van der Waals surface area contributed by atoms with E-state index in [-0.39, 0.29) is 11.8 Å². The number of aliphatic hydroxyl groups excluding tert-OH is 1. The lowest BCUT2D eigenvalue weighted by Gasteiger charge is -2.34. The fourth-order valence-electron chi connectivity index (χ4n) is 3.96. The standard InChI is InChI=1S/C15H25NO3.C13H16N2O2/c1-12(2)16-10-14(17)11-19-15-6-4-13(5-7-15)8-9-18-3;1-2-13(8-7-11(16)15-12(13)17)9-3-5-10(14)6-4-9/h4-7,12,14,16-17H,8-11H2,1-3H3;3-6H,2,7-8,14H2,1H3,(H,15,16,17). The van der Waals surface area contributed by atoms with Crippen molar-refractivity contribution in [2.45, 2.75) is 64.0 Å². The molecule has 36 heavy (non-hydrogen) atoms. The number of benzene rings is 2. The molecule has 1 aliphatic rings. The summed E-state index contributed by atoms with van der Waals surface area (Å²) in [6.07, 6.45) is 2.05. The molecular weight excluding hydrogens is 458 g/mol. The third kappa shape index (κ3) is 8.93. The molecule has 0 aliphatic carbocycles. The molecule has 1 heterocycles. The first-order valence-corrected chi connectivity index (χ1v) is 12.5. The molecule has 2 aromatic rings. The van der Waals surface area contributed by atoms with Gasteiger partial charge in [-0.1, -0.05) is 45.0 Å². The number of carbonyl (C=O) groups is 2. The van der Waals surface area contributed by atoms with Crippen molar-refractivity contribution in [1.82, 2.24) is 10.6 Å². The van der Waals surface area contributed by atoms with Crippen LogP contribution in [0.2, 0.25) is 0 Å². The first kappa shape index (κ1) is 29.3. The van der Waals surface area contributed by atoms with Gasteiger partial charge in [0.05, 0.1) is 12.0 Å². The van der Waals surface area contributed by atoms with Gasteiger partial charge in [0, 0.05) is 31.8 Å². The van der Waals surface area contributed by atoms with Gasteiger partial charge in [-0.2, -0.15) is 0 Å². The summed E-state index contributed by atoms with van der Waals surface area (Å²) in [4.78, 5) is 23.3. The number of nitrogen functional groups attached to an aromatic ring is 1. The van der Waals surface area contributed by atoms with Crippen molar-refractivity contribution >= 4 is 17.5 Å². The number of hydrogen-bond donors (Lipinski definition) is 4. The van der Waals surface area contributed by atoms with E-state index in [0.29, 0.717) is 44.1 Å². The van der Waals surface area contributed by atoms with Crippen molar-refractivity contribution in [2.24, 2.45) is 0 Å². The predicted octanol–water partition coefficient (Wildman–Crippen LogP) is 2.97. The van der Waals surface area contributed by atoms with E-state index >= 15 is 0 Å². The molecule has 5 N–H and O–H groups in total. The van der Waals surface area contributed by atoms with E-state index in [1.54, 1.807) is 19.2 Å².